The molecule has 136 valence electrons. The van der Waals surface area contributed by atoms with Crippen LogP contribution < -0.4 is 5.32 Å². The van der Waals surface area contributed by atoms with E-state index in [9.17, 15) is 4.21 Å². The van der Waals surface area contributed by atoms with E-state index in [2.05, 4.69) is 48.0 Å². The van der Waals surface area contributed by atoms with E-state index in [-0.39, 0.29) is 5.16 Å². The number of nitrogens with zero attached hydrogens (tertiary/aromatic N) is 5. The van der Waals surface area contributed by atoms with Gasteiger partial charge in [-0.05, 0) is 40.3 Å². The average molecular weight is 490 g/mol. The van der Waals surface area contributed by atoms with Crippen molar-refractivity contribution in [1.29, 1.82) is 0 Å². The summed E-state index contributed by atoms with van der Waals surface area (Å²) in [7, 11) is -1.27. The second-order valence-corrected chi connectivity index (χ2v) is 8.21. The Labute approximate surface area is 171 Å². The Hall–Kier alpha value is -2.40. The molecule has 9 heteroatoms. The first-order valence-electron chi connectivity index (χ1n) is 8.11. The smallest absolute Gasteiger partial charge is 0.228 e. The summed E-state index contributed by atoms with van der Waals surface area (Å²) in [5, 5.41) is 7.85. The van der Waals surface area contributed by atoms with Gasteiger partial charge in [-0.1, -0.05) is 30.3 Å². The van der Waals surface area contributed by atoms with E-state index in [4.69, 9.17) is 0 Å². The van der Waals surface area contributed by atoms with Crippen LogP contribution in [-0.4, -0.2) is 35.0 Å². The number of anilines is 1. The minimum atomic E-state index is -1.27. The minimum Gasteiger partial charge on any atom is -0.350 e. The Morgan fingerprint density at radius 2 is 1.96 bits per heavy atom. The molecular formula is C18H15IN6OS. The Morgan fingerprint density at radius 1 is 1.15 bits per heavy atom. The van der Waals surface area contributed by atoms with Crippen LogP contribution in [0.1, 0.15) is 5.56 Å². The van der Waals surface area contributed by atoms with Crippen molar-refractivity contribution in [3.8, 4) is 11.3 Å². The fourth-order valence-electron chi connectivity index (χ4n) is 2.58. The SMILES string of the molecule is CS(=O)c1nc(NCc2ccc(-c3ccccn3)cc2)n2ncc(I)c2n1. The largest absolute Gasteiger partial charge is 0.350 e. The van der Waals surface area contributed by atoms with E-state index in [1.807, 2.05) is 42.5 Å². The second-order valence-electron chi connectivity index (χ2n) is 5.78. The highest BCUT2D eigenvalue weighted by atomic mass is 127. The van der Waals surface area contributed by atoms with Crippen LogP contribution in [0, 0.1) is 3.57 Å². The van der Waals surface area contributed by atoms with Crippen LogP contribution in [0.5, 0.6) is 0 Å². The first-order valence-corrected chi connectivity index (χ1v) is 10.7. The lowest BCUT2D eigenvalue weighted by atomic mass is 10.1. The molecule has 0 aliphatic rings. The summed E-state index contributed by atoms with van der Waals surface area (Å²) in [5.41, 5.74) is 3.73. The predicted molar refractivity (Wildman–Crippen MR) is 113 cm³/mol. The van der Waals surface area contributed by atoms with E-state index in [0.717, 1.165) is 20.4 Å². The molecule has 4 aromatic rings. The molecule has 0 spiro atoms. The first kappa shape index (κ1) is 18.0. The monoisotopic (exact) mass is 490 g/mol. The molecule has 3 aromatic heterocycles. The number of hydrogen-bond donors (Lipinski definition) is 1. The summed E-state index contributed by atoms with van der Waals surface area (Å²) in [5.74, 6) is 0.516. The second kappa shape index (κ2) is 7.69. The molecule has 1 N–H and O–H groups in total. The van der Waals surface area contributed by atoms with Crippen molar-refractivity contribution in [2.45, 2.75) is 11.7 Å². The van der Waals surface area contributed by atoms with Crippen LogP contribution in [0.25, 0.3) is 16.9 Å². The lowest BCUT2D eigenvalue weighted by molar-refractivity contribution is 0.678. The number of fused-ring (bicyclic) bond motifs is 1. The lowest BCUT2D eigenvalue weighted by Crippen LogP contribution is -2.11. The Balaban J connectivity index is 1.57. The van der Waals surface area contributed by atoms with Crippen molar-refractivity contribution in [3.05, 3.63) is 64.0 Å². The highest BCUT2D eigenvalue weighted by Gasteiger charge is 2.13. The fraction of sp³-hybridized carbons (Fsp3) is 0.111. The van der Waals surface area contributed by atoms with Gasteiger partial charge >= 0.3 is 0 Å². The van der Waals surface area contributed by atoms with Gasteiger partial charge in [-0.15, -0.1) is 0 Å². The third kappa shape index (κ3) is 3.83. The molecule has 0 aliphatic heterocycles. The van der Waals surface area contributed by atoms with Crippen LogP contribution >= 0.6 is 22.6 Å². The van der Waals surface area contributed by atoms with Crippen LogP contribution in [0.2, 0.25) is 0 Å². The van der Waals surface area contributed by atoms with Gasteiger partial charge in [-0.3, -0.25) is 9.19 Å². The van der Waals surface area contributed by atoms with E-state index in [1.165, 1.54) is 0 Å². The first-order chi connectivity index (χ1) is 13.1. The number of rotatable bonds is 5. The maximum absolute atomic E-state index is 11.8. The van der Waals surface area contributed by atoms with E-state index >= 15 is 0 Å². The van der Waals surface area contributed by atoms with E-state index in [1.54, 1.807) is 23.2 Å². The van der Waals surface area contributed by atoms with E-state index < -0.39 is 10.8 Å². The number of benzene rings is 1. The summed E-state index contributed by atoms with van der Waals surface area (Å²) in [6.45, 7) is 0.556. The molecule has 1 unspecified atom stereocenters. The van der Waals surface area contributed by atoms with Gasteiger partial charge in [-0.2, -0.15) is 19.6 Å². The zero-order valence-corrected chi connectivity index (χ0v) is 17.3. The van der Waals surface area contributed by atoms with Gasteiger partial charge in [0.2, 0.25) is 11.1 Å². The Bertz CT molecular complexity index is 1110. The third-order valence-electron chi connectivity index (χ3n) is 3.93. The van der Waals surface area contributed by atoms with Crippen molar-refractivity contribution in [1.82, 2.24) is 24.6 Å². The molecule has 1 atom stereocenters. The maximum Gasteiger partial charge on any atom is 0.228 e. The van der Waals surface area contributed by atoms with Gasteiger partial charge in [0.05, 0.1) is 26.3 Å². The number of pyridine rings is 1. The van der Waals surface area contributed by atoms with Gasteiger partial charge in [0.25, 0.3) is 0 Å². The van der Waals surface area contributed by atoms with Gasteiger partial charge < -0.3 is 5.32 Å². The van der Waals surface area contributed by atoms with E-state index in [0.29, 0.717) is 18.1 Å². The van der Waals surface area contributed by atoms with Gasteiger partial charge in [0.15, 0.2) is 5.65 Å². The molecule has 4 rings (SSSR count). The third-order valence-corrected chi connectivity index (χ3v) is 5.38. The summed E-state index contributed by atoms with van der Waals surface area (Å²) in [6, 6.07) is 14.0. The molecule has 0 fully saturated rings. The zero-order chi connectivity index (χ0) is 18.8. The van der Waals surface area contributed by atoms with Gasteiger partial charge in [0, 0.05) is 24.6 Å². The zero-order valence-electron chi connectivity index (χ0n) is 14.3. The molecule has 0 bridgehead atoms. The molecule has 0 saturated heterocycles. The van der Waals surface area contributed by atoms with Gasteiger partial charge in [-0.25, -0.2) is 0 Å². The average Bonchev–Trinajstić information content (AvgIpc) is 3.08. The van der Waals surface area contributed by atoms with Crippen LogP contribution in [0.15, 0.2) is 60.0 Å². The molecule has 0 amide bonds. The number of aromatic nitrogens is 5. The highest BCUT2D eigenvalue weighted by molar-refractivity contribution is 14.1. The fourth-order valence-corrected chi connectivity index (χ4v) is 3.49. The van der Waals surface area contributed by atoms with Crippen molar-refractivity contribution >= 4 is 45.0 Å². The van der Waals surface area contributed by atoms with Gasteiger partial charge in [0.1, 0.15) is 0 Å². The Morgan fingerprint density at radius 3 is 2.67 bits per heavy atom. The minimum absolute atomic E-state index is 0.286. The van der Waals surface area contributed by atoms with Crippen molar-refractivity contribution < 1.29 is 4.21 Å². The molecule has 27 heavy (non-hydrogen) atoms. The van der Waals surface area contributed by atoms with Crippen LogP contribution in [-0.2, 0) is 17.3 Å². The molecule has 0 aliphatic carbocycles. The molecular weight excluding hydrogens is 475 g/mol. The predicted octanol–water partition coefficient (Wildman–Crippen LogP) is 3.14. The van der Waals surface area contributed by atoms with Crippen molar-refractivity contribution in [2.75, 3.05) is 11.6 Å². The quantitative estimate of drug-likeness (QED) is 0.433. The standard InChI is InChI=1S/C18H15IN6OS/c1-27(26)18-23-16-14(19)11-22-25(16)17(24-18)21-10-12-5-7-13(8-6-12)15-4-2-3-9-20-15/h2-9,11H,10H2,1H3,(H,21,23,24). The molecule has 7 nitrogen and oxygen atoms in total. The molecule has 0 saturated carbocycles. The summed E-state index contributed by atoms with van der Waals surface area (Å²) in [6.07, 6.45) is 5.06. The topological polar surface area (TPSA) is 85.1 Å². The molecule has 1 aromatic carbocycles. The lowest BCUT2D eigenvalue weighted by Gasteiger charge is -2.09. The van der Waals surface area contributed by atoms with Crippen LogP contribution in [0.4, 0.5) is 5.95 Å². The van der Waals surface area contributed by atoms with Crippen LogP contribution in [0.3, 0.4) is 0 Å². The Kier molecular flexibility index (Phi) is 5.12. The highest BCUT2D eigenvalue weighted by Crippen LogP contribution is 2.19. The maximum atomic E-state index is 11.8. The summed E-state index contributed by atoms with van der Waals surface area (Å²) >= 11 is 2.15. The van der Waals surface area contributed by atoms with Crippen molar-refractivity contribution in [3.63, 3.8) is 0 Å². The normalized spacial score (nSPS) is 12.2. The summed E-state index contributed by atoms with van der Waals surface area (Å²) < 4.78 is 14.3. The van der Waals surface area contributed by atoms with Crippen molar-refractivity contribution in [2.24, 2.45) is 0 Å². The number of hydrogen-bond acceptors (Lipinski definition) is 6. The number of nitrogens with one attached hydrogen (secondary N) is 1. The molecule has 3 heterocycles. The number of halogens is 1. The molecule has 0 radical (unpaired) electrons. The summed E-state index contributed by atoms with van der Waals surface area (Å²) in [4.78, 5) is 13.0.